The van der Waals surface area contributed by atoms with Crippen LogP contribution in [0, 0.1) is 6.92 Å². The monoisotopic (exact) mass is 297 g/mol. The first-order valence-electron chi connectivity index (χ1n) is 6.08. The van der Waals surface area contributed by atoms with Crippen LogP contribution in [-0.2, 0) is 11.2 Å². The molecule has 94 valence electrons. The molecule has 0 heterocycles. The lowest BCUT2D eigenvalue weighted by Crippen LogP contribution is -2.29. The summed E-state index contributed by atoms with van der Waals surface area (Å²) in [6.07, 6.45) is 2.40. The Labute approximate surface area is 112 Å². The summed E-state index contributed by atoms with van der Waals surface area (Å²) in [7, 11) is 0. The van der Waals surface area contributed by atoms with Crippen LogP contribution in [0.4, 0.5) is 0 Å². The maximum absolute atomic E-state index is 11.6. The molecule has 2 nitrogen and oxygen atoms in total. The van der Waals surface area contributed by atoms with Crippen LogP contribution < -0.4 is 5.32 Å². The van der Waals surface area contributed by atoms with Crippen molar-refractivity contribution in [1.82, 2.24) is 5.32 Å². The van der Waals surface area contributed by atoms with Crippen LogP contribution in [0.25, 0.3) is 0 Å². The van der Waals surface area contributed by atoms with Crippen LogP contribution in [0.5, 0.6) is 0 Å². The molecular weight excluding hydrogens is 278 g/mol. The third-order valence-electron chi connectivity index (χ3n) is 2.69. The van der Waals surface area contributed by atoms with Gasteiger partial charge >= 0.3 is 0 Å². The van der Waals surface area contributed by atoms with Gasteiger partial charge in [0.05, 0.1) is 0 Å². The van der Waals surface area contributed by atoms with Crippen molar-refractivity contribution >= 4 is 21.8 Å². The molecule has 1 aromatic carbocycles. The number of carbonyl (C=O) groups excluding carboxylic acids is 1. The third kappa shape index (κ3) is 5.87. The molecule has 0 aliphatic rings. The van der Waals surface area contributed by atoms with E-state index in [4.69, 9.17) is 0 Å². The third-order valence-corrected chi connectivity index (χ3v) is 3.66. The van der Waals surface area contributed by atoms with Gasteiger partial charge in [0, 0.05) is 17.8 Å². The Morgan fingerprint density at radius 1 is 1.47 bits per heavy atom. The molecule has 0 aromatic heterocycles. The summed E-state index contributed by atoms with van der Waals surface area (Å²) in [4.78, 5) is 12.0. The van der Waals surface area contributed by atoms with Crippen LogP contribution in [0.1, 0.15) is 30.9 Å². The Balaban J connectivity index is 2.28. The first-order valence-corrected chi connectivity index (χ1v) is 6.99. The van der Waals surface area contributed by atoms with Gasteiger partial charge in [0.25, 0.3) is 0 Å². The van der Waals surface area contributed by atoms with E-state index in [0.29, 0.717) is 17.8 Å². The highest BCUT2D eigenvalue weighted by Crippen LogP contribution is 2.07. The van der Waals surface area contributed by atoms with E-state index in [1.54, 1.807) is 0 Å². The molecular formula is C14H20BrNO. The van der Waals surface area contributed by atoms with Gasteiger partial charge in [-0.15, -0.1) is 0 Å². The Morgan fingerprint density at radius 2 is 2.24 bits per heavy atom. The minimum absolute atomic E-state index is 0.129. The summed E-state index contributed by atoms with van der Waals surface area (Å²) in [5.41, 5.74) is 2.47. The Bertz CT molecular complexity index is 365. The Morgan fingerprint density at radius 3 is 2.88 bits per heavy atom. The lowest BCUT2D eigenvalue weighted by Gasteiger charge is -2.09. The SMILES string of the molecule is CCC(Br)CNC(=O)CCc1cccc(C)c1. The lowest BCUT2D eigenvalue weighted by molar-refractivity contribution is -0.121. The summed E-state index contributed by atoms with van der Waals surface area (Å²) in [5, 5.41) is 2.93. The first-order chi connectivity index (χ1) is 8.11. The van der Waals surface area contributed by atoms with E-state index < -0.39 is 0 Å². The predicted molar refractivity (Wildman–Crippen MR) is 75.5 cm³/mol. The summed E-state index contributed by atoms with van der Waals surface area (Å²) >= 11 is 3.50. The molecule has 1 aromatic rings. The van der Waals surface area contributed by atoms with Crippen molar-refractivity contribution in [1.29, 1.82) is 0 Å². The summed E-state index contributed by atoms with van der Waals surface area (Å²) in [6, 6.07) is 8.31. The van der Waals surface area contributed by atoms with E-state index in [2.05, 4.69) is 53.3 Å². The number of halogens is 1. The number of hydrogen-bond acceptors (Lipinski definition) is 1. The van der Waals surface area contributed by atoms with Gasteiger partial charge in [0.15, 0.2) is 0 Å². The number of aryl methyl sites for hydroxylation is 2. The highest BCUT2D eigenvalue weighted by atomic mass is 79.9. The van der Waals surface area contributed by atoms with Crippen molar-refractivity contribution < 1.29 is 4.79 Å². The number of amides is 1. The summed E-state index contributed by atoms with van der Waals surface area (Å²) < 4.78 is 0. The van der Waals surface area contributed by atoms with Crippen LogP contribution in [0.2, 0.25) is 0 Å². The van der Waals surface area contributed by atoms with Crippen molar-refractivity contribution in [3.63, 3.8) is 0 Å². The normalized spacial score (nSPS) is 12.2. The maximum atomic E-state index is 11.6. The van der Waals surface area contributed by atoms with Crippen LogP contribution in [0.15, 0.2) is 24.3 Å². The second-order valence-corrected chi connectivity index (χ2v) is 5.59. The van der Waals surface area contributed by atoms with E-state index in [9.17, 15) is 4.79 Å². The van der Waals surface area contributed by atoms with Crippen molar-refractivity contribution in [2.75, 3.05) is 6.54 Å². The van der Waals surface area contributed by atoms with Crippen molar-refractivity contribution in [3.8, 4) is 0 Å². The second-order valence-electron chi connectivity index (χ2n) is 4.30. The molecule has 1 N–H and O–H groups in total. The number of nitrogens with one attached hydrogen (secondary N) is 1. The molecule has 1 rings (SSSR count). The summed E-state index contributed by atoms with van der Waals surface area (Å²) in [5.74, 6) is 0.129. The standard InChI is InChI=1S/C14H20BrNO/c1-3-13(15)10-16-14(17)8-7-12-6-4-5-11(2)9-12/h4-6,9,13H,3,7-8,10H2,1-2H3,(H,16,17). The number of hydrogen-bond donors (Lipinski definition) is 1. The van der Waals surface area contributed by atoms with Crippen LogP contribution in [0.3, 0.4) is 0 Å². The molecule has 0 saturated heterocycles. The highest BCUT2D eigenvalue weighted by Gasteiger charge is 2.05. The molecule has 1 amide bonds. The lowest BCUT2D eigenvalue weighted by atomic mass is 10.1. The number of alkyl halides is 1. The molecule has 0 aliphatic heterocycles. The minimum Gasteiger partial charge on any atom is -0.355 e. The van der Waals surface area contributed by atoms with Gasteiger partial charge < -0.3 is 5.32 Å². The molecule has 0 aliphatic carbocycles. The molecule has 1 atom stereocenters. The molecule has 0 radical (unpaired) electrons. The van der Waals surface area contributed by atoms with Gasteiger partial charge in [0.2, 0.25) is 5.91 Å². The van der Waals surface area contributed by atoms with Gasteiger partial charge in [-0.05, 0) is 25.3 Å². The average molecular weight is 298 g/mol. The van der Waals surface area contributed by atoms with E-state index >= 15 is 0 Å². The van der Waals surface area contributed by atoms with Crippen LogP contribution in [-0.4, -0.2) is 17.3 Å². The number of carbonyl (C=O) groups is 1. The quantitative estimate of drug-likeness (QED) is 0.803. The van der Waals surface area contributed by atoms with Gasteiger partial charge in [0.1, 0.15) is 0 Å². The molecule has 0 bridgehead atoms. The predicted octanol–water partition coefficient (Wildman–Crippen LogP) is 3.22. The number of rotatable bonds is 6. The average Bonchev–Trinajstić information content (AvgIpc) is 2.33. The van der Waals surface area contributed by atoms with Gasteiger partial charge in [-0.25, -0.2) is 0 Å². The molecule has 17 heavy (non-hydrogen) atoms. The van der Waals surface area contributed by atoms with E-state index in [1.807, 2.05) is 6.07 Å². The summed E-state index contributed by atoms with van der Waals surface area (Å²) in [6.45, 7) is 4.88. The first kappa shape index (κ1) is 14.2. The molecule has 3 heteroatoms. The van der Waals surface area contributed by atoms with Crippen molar-refractivity contribution in [2.45, 2.75) is 37.9 Å². The van der Waals surface area contributed by atoms with Crippen molar-refractivity contribution in [2.24, 2.45) is 0 Å². The Kier molecular flexibility index (Phi) is 6.27. The van der Waals surface area contributed by atoms with Gasteiger partial charge in [-0.3, -0.25) is 4.79 Å². The fourth-order valence-electron chi connectivity index (χ4n) is 1.58. The topological polar surface area (TPSA) is 29.1 Å². The van der Waals surface area contributed by atoms with Gasteiger partial charge in [-0.2, -0.15) is 0 Å². The largest absolute Gasteiger partial charge is 0.355 e. The zero-order chi connectivity index (χ0) is 12.7. The Hall–Kier alpha value is -0.830. The zero-order valence-corrected chi connectivity index (χ0v) is 12.1. The molecule has 0 fully saturated rings. The van der Waals surface area contributed by atoms with Crippen molar-refractivity contribution in [3.05, 3.63) is 35.4 Å². The molecule has 1 unspecified atom stereocenters. The zero-order valence-electron chi connectivity index (χ0n) is 10.5. The van der Waals surface area contributed by atoms with E-state index in [0.717, 1.165) is 12.8 Å². The maximum Gasteiger partial charge on any atom is 0.220 e. The fraction of sp³-hybridized carbons (Fsp3) is 0.500. The van der Waals surface area contributed by atoms with Gasteiger partial charge in [-0.1, -0.05) is 52.7 Å². The van der Waals surface area contributed by atoms with E-state index in [-0.39, 0.29) is 5.91 Å². The smallest absolute Gasteiger partial charge is 0.220 e. The molecule has 0 saturated carbocycles. The molecule has 0 spiro atoms. The van der Waals surface area contributed by atoms with Crippen LogP contribution >= 0.6 is 15.9 Å². The highest BCUT2D eigenvalue weighted by molar-refractivity contribution is 9.09. The minimum atomic E-state index is 0.129. The fourth-order valence-corrected chi connectivity index (χ4v) is 1.74. The van der Waals surface area contributed by atoms with E-state index in [1.165, 1.54) is 11.1 Å². The number of benzene rings is 1. The second kappa shape index (κ2) is 7.49.